The molecule has 172 valence electrons. The van der Waals surface area contributed by atoms with Crippen molar-refractivity contribution in [2.75, 3.05) is 54.8 Å². The molecule has 0 spiro atoms. The third kappa shape index (κ3) is 5.45. The van der Waals surface area contributed by atoms with Crippen molar-refractivity contribution in [2.45, 2.75) is 26.9 Å². The number of thiocarbonyl (C=S) groups is 1. The lowest BCUT2D eigenvalue weighted by Crippen LogP contribution is -2.49. The van der Waals surface area contributed by atoms with Crippen molar-refractivity contribution in [3.8, 4) is 0 Å². The molecule has 1 aromatic carbocycles. The van der Waals surface area contributed by atoms with Crippen LogP contribution in [0.1, 0.15) is 20.8 Å². The molecule has 2 saturated heterocycles. The van der Waals surface area contributed by atoms with Crippen molar-refractivity contribution in [2.24, 2.45) is 5.92 Å². The Hall–Kier alpha value is -1.98. The Balaban J connectivity index is 1.62. The van der Waals surface area contributed by atoms with Gasteiger partial charge in [0, 0.05) is 32.1 Å². The van der Waals surface area contributed by atoms with Gasteiger partial charge in [0.15, 0.2) is 0 Å². The van der Waals surface area contributed by atoms with Gasteiger partial charge in [-0.2, -0.15) is 4.31 Å². The van der Waals surface area contributed by atoms with Gasteiger partial charge in [-0.15, -0.1) is 0 Å². The van der Waals surface area contributed by atoms with Gasteiger partial charge in [-0.3, -0.25) is 4.90 Å². The van der Waals surface area contributed by atoms with E-state index >= 15 is 0 Å². The molecule has 1 aromatic rings. The van der Waals surface area contributed by atoms with Crippen LogP contribution in [0, 0.1) is 11.7 Å². The van der Waals surface area contributed by atoms with Gasteiger partial charge in [-0.25, -0.2) is 17.6 Å². The first-order chi connectivity index (χ1) is 14.6. The fraction of sp³-hybridized carbons (Fsp3) is 0.600. The fourth-order valence-corrected chi connectivity index (χ4v) is 4.74. The molecule has 0 bridgehead atoms. The minimum atomic E-state index is -3.24. The zero-order valence-electron chi connectivity index (χ0n) is 18.0. The molecule has 0 aliphatic carbocycles. The second kappa shape index (κ2) is 9.66. The molecule has 11 heteroatoms. The zero-order valence-corrected chi connectivity index (χ0v) is 19.6. The predicted octanol–water partition coefficient (Wildman–Crippen LogP) is 2.20. The van der Waals surface area contributed by atoms with E-state index in [4.69, 9.17) is 17.0 Å². The summed E-state index contributed by atoms with van der Waals surface area (Å²) in [6.07, 6.45) is -0.895. The standard InChI is InChI=1S/C20H29FN4O4S2/c1-4-31(27,28)24-9-7-23(8-10-24)18-6-5-15(11-17(18)21)25-13-16(29-20(25)26)12-22-19(30)14(2)3/h5-6,11,14,16H,4,7-10,12-13H2,1-3H3,(H,22,30). The van der Waals surface area contributed by atoms with Crippen molar-refractivity contribution >= 4 is 44.7 Å². The van der Waals surface area contributed by atoms with Gasteiger partial charge in [0.05, 0.1) is 35.2 Å². The molecule has 2 fully saturated rings. The molecule has 0 saturated carbocycles. The lowest BCUT2D eigenvalue weighted by atomic mass is 10.2. The average molecular weight is 473 g/mol. The monoisotopic (exact) mass is 472 g/mol. The summed E-state index contributed by atoms with van der Waals surface area (Å²) in [4.78, 5) is 16.2. The molecule has 1 amide bonds. The van der Waals surface area contributed by atoms with Gasteiger partial charge in [-0.1, -0.05) is 26.1 Å². The van der Waals surface area contributed by atoms with Crippen LogP contribution in [0.25, 0.3) is 0 Å². The number of anilines is 2. The molecular formula is C20H29FN4O4S2. The molecule has 0 aromatic heterocycles. The summed E-state index contributed by atoms with van der Waals surface area (Å²) in [5, 5.41) is 3.10. The van der Waals surface area contributed by atoms with Gasteiger partial charge in [0.1, 0.15) is 11.9 Å². The summed E-state index contributed by atoms with van der Waals surface area (Å²) in [5.74, 6) is -0.199. The smallest absolute Gasteiger partial charge is 0.414 e. The normalized spacial score (nSPS) is 20.3. The Morgan fingerprint density at radius 1 is 1.29 bits per heavy atom. The number of nitrogens with zero attached hydrogens (tertiary/aromatic N) is 3. The Labute approximate surface area is 188 Å². The molecule has 1 unspecified atom stereocenters. The van der Waals surface area contributed by atoms with Gasteiger partial charge in [0.25, 0.3) is 0 Å². The van der Waals surface area contributed by atoms with Crippen molar-refractivity contribution in [1.29, 1.82) is 0 Å². The van der Waals surface area contributed by atoms with Crippen LogP contribution >= 0.6 is 12.2 Å². The number of sulfonamides is 1. The third-order valence-corrected chi connectivity index (χ3v) is 7.98. The SMILES string of the molecule is CCS(=O)(=O)N1CCN(c2ccc(N3CC(CNC(=S)C(C)C)OC3=O)cc2F)CC1. The van der Waals surface area contributed by atoms with Crippen molar-refractivity contribution in [3.63, 3.8) is 0 Å². The zero-order chi connectivity index (χ0) is 22.8. The maximum Gasteiger partial charge on any atom is 0.414 e. The highest BCUT2D eigenvalue weighted by Crippen LogP contribution is 2.28. The number of cyclic esters (lactones) is 1. The van der Waals surface area contributed by atoms with Gasteiger partial charge >= 0.3 is 6.09 Å². The number of piperazine rings is 1. The lowest BCUT2D eigenvalue weighted by Gasteiger charge is -2.35. The highest BCUT2D eigenvalue weighted by Gasteiger charge is 2.33. The quantitative estimate of drug-likeness (QED) is 0.609. The van der Waals surface area contributed by atoms with Crippen LogP contribution in [-0.4, -0.2) is 74.9 Å². The minimum Gasteiger partial charge on any atom is -0.442 e. The van der Waals surface area contributed by atoms with Crippen LogP contribution in [0.5, 0.6) is 0 Å². The maximum absolute atomic E-state index is 14.9. The Morgan fingerprint density at radius 3 is 2.55 bits per heavy atom. The molecular weight excluding hydrogens is 443 g/mol. The number of benzene rings is 1. The number of halogens is 1. The van der Waals surface area contributed by atoms with Crippen LogP contribution < -0.4 is 15.1 Å². The highest BCUT2D eigenvalue weighted by atomic mass is 32.2. The predicted molar refractivity (Wildman–Crippen MR) is 123 cm³/mol. The Bertz CT molecular complexity index is 933. The van der Waals surface area contributed by atoms with Crippen molar-refractivity contribution < 1.29 is 22.3 Å². The van der Waals surface area contributed by atoms with Crippen LogP contribution in [0.4, 0.5) is 20.6 Å². The average Bonchev–Trinajstić information content (AvgIpc) is 3.12. The number of amides is 1. The van der Waals surface area contributed by atoms with E-state index in [1.165, 1.54) is 15.3 Å². The van der Waals surface area contributed by atoms with E-state index in [0.29, 0.717) is 55.6 Å². The highest BCUT2D eigenvalue weighted by molar-refractivity contribution is 7.89. The molecule has 8 nitrogen and oxygen atoms in total. The van der Waals surface area contributed by atoms with E-state index < -0.39 is 21.9 Å². The molecule has 3 rings (SSSR count). The maximum atomic E-state index is 14.9. The van der Waals surface area contributed by atoms with Gasteiger partial charge < -0.3 is 15.0 Å². The first-order valence-corrected chi connectivity index (χ1v) is 12.4. The second-order valence-corrected chi connectivity index (χ2v) is 10.6. The summed E-state index contributed by atoms with van der Waals surface area (Å²) in [7, 11) is -3.24. The van der Waals surface area contributed by atoms with Gasteiger partial charge in [0.2, 0.25) is 10.0 Å². The van der Waals surface area contributed by atoms with Crippen molar-refractivity contribution in [3.05, 3.63) is 24.0 Å². The number of hydrogen-bond acceptors (Lipinski definition) is 6. The topological polar surface area (TPSA) is 82.2 Å². The van der Waals surface area contributed by atoms with Gasteiger partial charge in [-0.05, 0) is 25.1 Å². The Morgan fingerprint density at radius 2 is 1.97 bits per heavy atom. The summed E-state index contributed by atoms with van der Waals surface area (Å²) in [6, 6.07) is 4.63. The first kappa shape index (κ1) is 23.7. The van der Waals surface area contributed by atoms with E-state index in [1.807, 2.05) is 18.7 Å². The largest absolute Gasteiger partial charge is 0.442 e. The summed E-state index contributed by atoms with van der Waals surface area (Å²) < 4.78 is 45.7. The second-order valence-electron chi connectivity index (χ2n) is 7.94. The molecule has 0 radical (unpaired) electrons. The Kier molecular flexibility index (Phi) is 7.38. The van der Waals surface area contributed by atoms with E-state index in [0.717, 1.165) is 0 Å². The fourth-order valence-electron chi connectivity index (χ4n) is 3.57. The number of carbonyl (C=O) groups is 1. The number of ether oxygens (including phenoxy) is 1. The molecule has 1 atom stereocenters. The number of carbonyl (C=O) groups excluding carboxylic acids is 1. The molecule has 1 N–H and O–H groups in total. The lowest BCUT2D eigenvalue weighted by molar-refractivity contribution is 0.143. The van der Waals surface area contributed by atoms with E-state index in [1.54, 1.807) is 19.1 Å². The van der Waals surface area contributed by atoms with Crippen LogP contribution in [0.3, 0.4) is 0 Å². The van der Waals surface area contributed by atoms with Crippen molar-refractivity contribution in [1.82, 2.24) is 9.62 Å². The van der Waals surface area contributed by atoms with Crippen LogP contribution in [0.2, 0.25) is 0 Å². The van der Waals surface area contributed by atoms with E-state index in [9.17, 15) is 17.6 Å². The molecule has 31 heavy (non-hydrogen) atoms. The summed E-state index contributed by atoms with van der Waals surface area (Å²) in [5.41, 5.74) is 0.817. The third-order valence-electron chi connectivity index (χ3n) is 5.48. The molecule has 2 heterocycles. The van der Waals surface area contributed by atoms with Crippen LogP contribution in [-0.2, 0) is 14.8 Å². The van der Waals surface area contributed by atoms with E-state index in [-0.39, 0.29) is 17.8 Å². The summed E-state index contributed by atoms with van der Waals surface area (Å²) in [6.45, 7) is 7.75. The summed E-state index contributed by atoms with van der Waals surface area (Å²) >= 11 is 5.24. The minimum absolute atomic E-state index is 0.0573. The molecule has 2 aliphatic rings. The molecule has 2 aliphatic heterocycles. The number of hydrogen-bond donors (Lipinski definition) is 1. The van der Waals surface area contributed by atoms with Crippen LogP contribution in [0.15, 0.2) is 18.2 Å². The number of rotatable bonds is 7. The first-order valence-electron chi connectivity index (χ1n) is 10.4. The number of nitrogens with one attached hydrogen (secondary N) is 1. The van der Waals surface area contributed by atoms with E-state index in [2.05, 4.69) is 5.32 Å².